The van der Waals surface area contributed by atoms with Crippen molar-refractivity contribution < 1.29 is 19.4 Å². The highest BCUT2D eigenvalue weighted by Gasteiger charge is 2.34. The highest BCUT2D eigenvalue weighted by atomic mass is 16.5. The molecule has 2 aliphatic rings. The minimum atomic E-state index is -0.738. The molecular weight excluding hydrogens is 246 g/mol. The van der Waals surface area contributed by atoms with Crippen molar-refractivity contribution in [2.45, 2.75) is 25.7 Å². The fraction of sp³-hybridized carbons (Fsp3) is 0.500. The molecule has 1 aromatic carbocycles. The van der Waals surface area contributed by atoms with Crippen LogP contribution in [0.15, 0.2) is 12.1 Å². The number of carboxylic acid groups (broad SMARTS) is 1. The van der Waals surface area contributed by atoms with E-state index >= 15 is 0 Å². The lowest BCUT2D eigenvalue weighted by molar-refractivity contribution is -0.141. The Hall–Kier alpha value is -1.59. The number of benzene rings is 1. The summed E-state index contributed by atoms with van der Waals surface area (Å²) in [4.78, 5) is 11.1. The molecule has 102 valence electrons. The van der Waals surface area contributed by atoms with Crippen molar-refractivity contribution >= 4 is 5.97 Å². The quantitative estimate of drug-likeness (QED) is 0.864. The Labute approximate surface area is 111 Å². The fourth-order valence-electron chi connectivity index (χ4n) is 2.96. The van der Waals surface area contributed by atoms with E-state index in [0.717, 1.165) is 16.9 Å². The topological polar surface area (TPSA) is 67.8 Å². The standard InChI is InChI=1S/C14H17NO4/c1-18-12-3-2-8-6-19-7-10(8)13(12)11-4-9(5-15-11)14(16)17/h2-3,9,11,15H,4-7H2,1H3,(H,16,17). The van der Waals surface area contributed by atoms with Crippen molar-refractivity contribution in [1.29, 1.82) is 0 Å². The van der Waals surface area contributed by atoms with Crippen LogP contribution in [-0.2, 0) is 22.7 Å². The molecule has 0 spiro atoms. The largest absolute Gasteiger partial charge is 0.496 e. The molecular formula is C14H17NO4. The van der Waals surface area contributed by atoms with Crippen LogP contribution in [0.4, 0.5) is 0 Å². The normalized spacial score (nSPS) is 25.3. The molecule has 0 amide bonds. The number of fused-ring (bicyclic) bond motifs is 1. The number of carbonyl (C=O) groups is 1. The first-order chi connectivity index (χ1) is 9.20. The Bertz CT molecular complexity index is 514. The Morgan fingerprint density at radius 3 is 3.00 bits per heavy atom. The molecule has 3 rings (SSSR count). The van der Waals surface area contributed by atoms with Crippen LogP contribution in [0.2, 0.25) is 0 Å². The third kappa shape index (κ3) is 2.09. The summed E-state index contributed by atoms with van der Waals surface area (Å²) in [6.07, 6.45) is 0.599. The third-order valence-corrected chi connectivity index (χ3v) is 3.97. The highest BCUT2D eigenvalue weighted by molar-refractivity contribution is 5.71. The molecule has 0 aromatic heterocycles. The van der Waals surface area contributed by atoms with Gasteiger partial charge in [0.15, 0.2) is 0 Å². The first-order valence-electron chi connectivity index (χ1n) is 6.43. The summed E-state index contributed by atoms with van der Waals surface area (Å²) in [7, 11) is 1.64. The van der Waals surface area contributed by atoms with Crippen LogP contribution in [0.1, 0.15) is 29.2 Å². The van der Waals surface area contributed by atoms with E-state index in [2.05, 4.69) is 5.32 Å². The van der Waals surface area contributed by atoms with Crippen molar-refractivity contribution in [3.63, 3.8) is 0 Å². The summed E-state index contributed by atoms with van der Waals surface area (Å²) in [6.45, 7) is 1.72. The molecule has 19 heavy (non-hydrogen) atoms. The summed E-state index contributed by atoms with van der Waals surface area (Å²) in [5, 5.41) is 12.4. The van der Waals surface area contributed by atoms with E-state index in [-0.39, 0.29) is 12.0 Å². The summed E-state index contributed by atoms with van der Waals surface area (Å²) < 4.78 is 10.9. The summed E-state index contributed by atoms with van der Waals surface area (Å²) in [6, 6.07) is 4.00. The number of aliphatic carboxylic acids is 1. The summed E-state index contributed by atoms with van der Waals surface area (Å²) in [5.74, 6) is -0.251. The molecule has 2 aliphatic heterocycles. The number of carboxylic acids is 1. The lowest BCUT2D eigenvalue weighted by atomic mass is 9.93. The fourth-order valence-corrected chi connectivity index (χ4v) is 2.96. The highest BCUT2D eigenvalue weighted by Crippen LogP contribution is 2.39. The van der Waals surface area contributed by atoms with Gasteiger partial charge in [-0.3, -0.25) is 4.79 Å². The van der Waals surface area contributed by atoms with Crippen LogP contribution < -0.4 is 10.1 Å². The summed E-state index contributed by atoms with van der Waals surface area (Å²) >= 11 is 0. The molecule has 0 radical (unpaired) electrons. The van der Waals surface area contributed by atoms with Gasteiger partial charge in [0.25, 0.3) is 0 Å². The van der Waals surface area contributed by atoms with Crippen molar-refractivity contribution in [1.82, 2.24) is 5.32 Å². The van der Waals surface area contributed by atoms with Gasteiger partial charge in [0.1, 0.15) is 5.75 Å². The van der Waals surface area contributed by atoms with E-state index in [4.69, 9.17) is 14.6 Å². The van der Waals surface area contributed by atoms with Crippen molar-refractivity contribution in [3.05, 3.63) is 28.8 Å². The monoisotopic (exact) mass is 263 g/mol. The Kier molecular flexibility index (Phi) is 3.16. The molecule has 1 aromatic rings. The van der Waals surface area contributed by atoms with E-state index in [1.165, 1.54) is 5.56 Å². The molecule has 2 heterocycles. The van der Waals surface area contributed by atoms with E-state index in [1.807, 2.05) is 12.1 Å². The van der Waals surface area contributed by atoms with Crippen molar-refractivity contribution in [3.8, 4) is 5.75 Å². The Balaban J connectivity index is 1.96. The zero-order chi connectivity index (χ0) is 13.4. The van der Waals surface area contributed by atoms with Gasteiger partial charge >= 0.3 is 5.97 Å². The van der Waals surface area contributed by atoms with Gasteiger partial charge in [-0.2, -0.15) is 0 Å². The Morgan fingerprint density at radius 1 is 1.47 bits per heavy atom. The van der Waals surface area contributed by atoms with Crippen LogP contribution >= 0.6 is 0 Å². The predicted octanol–water partition coefficient (Wildman–Crippen LogP) is 1.46. The first kappa shape index (κ1) is 12.4. The molecule has 0 saturated carbocycles. The van der Waals surface area contributed by atoms with Gasteiger partial charge in [-0.05, 0) is 23.6 Å². The van der Waals surface area contributed by atoms with Gasteiger partial charge in [-0.1, -0.05) is 6.07 Å². The molecule has 5 heteroatoms. The second kappa shape index (κ2) is 4.83. The smallest absolute Gasteiger partial charge is 0.307 e. The van der Waals surface area contributed by atoms with E-state index in [1.54, 1.807) is 7.11 Å². The molecule has 0 aliphatic carbocycles. The van der Waals surface area contributed by atoms with Crippen LogP contribution in [-0.4, -0.2) is 24.7 Å². The predicted molar refractivity (Wildman–Crippen MR) is 68.0 cm³/mol. The van der Waals surface area contributed by atoms with E-state index < -0.39 is 5.97 Å². The van der Waals surface area contributed by atoms with E-state index in [0.29, 0.717) is 26.2 Å². The van der Waals surface area contributed by atoms with Gasteiger partial charge in [-0.15, -0.1) is 0 Å². The zero-order valence-corrected chi connectivity index (χ0v) is 10.8. The van der Waals surface area contributed by atoms with Gasteiger partial charge < -0.3 is 19.9 Å². The second-order valence-electron chi connectivity index (χ2n) is 5.04. The van der Waals surface area contributed by atoms with Crippen molar-refractivity contribution in [2.75, 3.05) is 13.7 Å². The van der Waals surface area contributed by atoms with Gasteiger partial charge in [0.2, 0.25) is 0 Å². The maximum atomic E-state index is 11.1. The third-order valence-electron chi connectivity index (χ3n) is 3.97. The molecule has 2 N–H and O–H groups in total. The maximum absolute atomic E-state index is 11.1. The number of hydrogen-bond acceptors (Lipinski definition) is 4. The maximum Gasteiger partial charge on any atom is 0.307 e. The average Bonchev–Trinajstić information content (AvgIpc) is 3.06. The van der Waals surface area contributed by atoms with Crippen LogP contribution in [0, 0.1) is 5.92 Å². The molecule has 1 saturated heterocycles. The van der Waals surface area contributed by atoms with Gasteiger partial charge in [0.05, 0.1) is 26.2 Å². The number of nitrogens with one attached hydrogen (secondary N) is 1. The minimum Gasteiger partial charge on any atom is -0.496 e. The zero-order valence-electron chi connectivity index (χ0n) is 10.8. The van der Waals surface area contributed by atoms with Gasteiger partial charge in [-0.25, -0.2) is 0 Å². The number of rotatable bonds is 3. The lowest BCUT2D eigenvalue weighted by Gasteiger charge is -2.18. The second-order valence-corrected chi connectivity index (χ2v) is 5.04. The Morgan fingerprint density at radius 2 is 2.32 bits per heavy atom. The number of methoxy groups -OCH3 is 1. The average molecular weight is 263 g/mol. The molecule has 2 atom stereocenters. The molecule has 5 nitrogen and oxygen atoms in total. The van der Waals surface area contributed by atoms with Crippen LogP contribution in [0.5, 0.6) is 5.75 Å². The summed E-state index contributed by atoms with van der Waals surface area (Å²) in [5.41, 5.74) is 3.40. The molecule has 2 unspecified atom stereocenters. The van der Waals surface area contributed by atoms with Gasteiger partial charge in [0, 0.05) is 18.2 Å². The SMILES string of the molecule is COc1ccc2c(c1C1CC(C(=O)O)CN1)COC2. The van der Waals surface area contributed by atoms with E-state index in [9.17, 15) is 4.79 Å². The van der Waals surface area contributed by atoms with Crippen molar-refractivity contribution in [2.24, 2.45) is 5.92 Å². The molecule has 1 fully saturated rings. The first-order valence-corrected chi connectivity index (χ1v) is 6.43. The van der Waals surface area contributed by atoms with Crippen LogP contribution in [0.25, 0.3) is 0 Å². The minimum absolute atomic E-state index is 0.0349. The molecule has 0 bridgehead atoms. The number of ether oxygens (including phenoxy) is 2. The number of hydrogen-bond donors (Lipinski definition) is 2. The van der Waals surface area contributed by atoms with Crippen LogP contribution in [0.3, 0.4) is 0 Å². The lowest BCUT2D eigenvalue weighted by Crippen LogP contribution is -2.18.